The van der Waals surface area contributed by atoms with Crippen LogP contribution in [0, 0.1) is 0 Å². The molecule has 0 saturated heterocycles. The maximum atomic E-state index is 12.7. The average Bonchev–Trinajstić information content (AvgIpc) is 2.66. The fraction of sp³-hybridized carbons (Fsp3) is 0.250. The van der Waals surface area contributed by atoms with Crippen molar-refractivity contribution < 1.29 is 26.4 Å². The minimum atomic E-state index is -4.45. The Morgan fingerprint density at radius 3 is 2.28 bits per heavy atom. The van der Waals surface area contributed by atoms with Crippen LogP contribution in [-0.4, -0.2) is 32.7 Å². The third-order valence-corrected chi connectivity index (χ3v) is 5.99. The number of nitrogens with zero attached hydrogens (tertiary/aromatic N) is 1. The van der Waals surface area contributed by atoms with Gasteiger partial charge in [-0.05, 0) is 48.4 Å². The smallest absolute Gasteiger partial charge is 0.346 e. The maximum Gasteiger partial charge on any atom is 0.416 e. The quantitative estimate of drug-likeness (QED) is 0.714. The minimum Gasteiger partial charge on any atom is -0.346 e. The first kappa shape index (κ1) is 22.6. The predicted octanol–water partition coefficient (Wildman–Crippen LogP) is 3.85. The van der Waals surface area contributed by atoms with Crippen LogP contribution in [0.5, 0.6) is 0 Å². The lowest BCUT2D eigenvalue weighted by Gasteiger charge is -2.15. The summed E-state index contributed by atoms with van der Waals surface area (Å²) in [5.41, 5.74) is 0.144. The molecule has 2 aromatic rings. The zero-order chi connectivity index (χ0) is 21.8. The monoisotopic (exact) mass is 426 g/mol. The van der Waals surface area contributed by atoms with Gasteiger partial charge in [0.2, 0.25) is 15.9 Å². The van der Waals surface area contributed by atoms with Crippen LogP contribution in [0.4, 0.5) is 13.2 Å². The Hall–Kier alpha value is -2.65. The van der Waals surface area contributed by atoms with Crippen LogP contribution in [0.25, 0.3) is 6.08 Å². The number of sulfonamides is 1. The fourth-order valence-corrected chi connectivity index (χ4v) is 3.38. The van der Waals surface area contributed by atoms with E-state index < -0.39 is 33.7 Å². The third kappa shape index (κ3) is 5.91. The number of hydrogen-bond donors (Lipinski definition) is 1. The first-order valence-electron chi connectivity index (χ1n) is 8.59. The molecule has 1 amide bonds. The van der Waals surface area contributed by atoms with Crippen LogP contribution in [0.1, 0.15) is 29.7 Å². The van der Waals surface area contributed by atoms with Gasteiger partial charge in [-0.1, -0.05) is 24.3 Å². The Morgan fingerprint density at radius 1 is 1.10 bits per heavy atom. The van der Waals surface area contributed by atoms with Crippen molar-refractivity contribution in [2.24, 2.45) is 0 Å². The van der Waals surface area contributed by atoms with E-state index in [1.165, 1.54) is 44.4 Å². The van der Waals surface area contributed by atoms with E-state index in [1.54, 1.807) is 19.1 Å². The van der Waals surface area contributed by atoms with Gasteiger partial charge in [-0.25, -0.2) is 12.7 Å². The highest BCUT2D eigenvalue weighted by molar-refractivity contribution is 7.89. The van der Waals surface area contributed by atoms with Crippen molar-refractivity contribution in [3.8, 4) is 0 Å². The molecule has 0 saturated carbocycles. The Bertz CT molecular complexity index is 998. The fourth-order valence-electron chi connectivity index (χ4n) is 2.47. The summed E-state index contributed by atoms with van der Waals surface area (Å²) in [6.45, 7) is 1.71. The average molecular weight is 426 g/mol. The second-order valence-electron chi connectivity index (χ2n) is 6.54. The van der Waals surface area contributed by atoms with Gasteiger partial charge in [0.25, 0.3) is 0 Å². The molecule has 0 aromatic heterocycles. The van der Waals surface area contributed by atoms with Crippen molar-refractivity contribution in [3.63, 3.8) is 0 Å². The van der Waals surface area contributed by atoms with E-state index in [2.05, 4.69) is 5.32 Å². The molecule has 0 aliphatic rings. The van der Waals surface area contributed by atoms with Crippen molar-refractivity contribution in [3.05, 3.63) is 71.3 Å². The SMILES string of the molecule is CC(NC(=O)C=Cc1cccc(C(F)(F)F)c1)c1ccc(S(=O)(=O)N(C)C)cc1. The van der Waals surface area contributed by atoms with E-state index >= 15 is 0 Å². The molecule has 1 unspecified atom stereocenters. The second kappa shape index (κ2) is 8.79. The van der Waals surface area contributed by atoms with Gasteiger partial charge in [0, 0.05) is 20.2 Å². The summed E-state index contributed by atoms with van der Waals surface area (Å²) >= 11 is 0. The van der Waals surface area contributed by atoms with Gasteiger partial charge < -0.3 is 5.32 Å². The second-order valence-corrected chi connectivity index (χ2v) is 8.70. The molecule has 0 fully saturated rings. The lowest BCUT2D eigenvalue weighted by molar-refractivity contribution is -0.137. The molecule has 0 aliphatic heterocycles. The molecule has 0 bridgehead atoms. The number of halogens is 3. The molecule has 0 aliphatic carbocycles. The molecule has 0 spiro atoms. The lowest BCUT2D eigenvalue weighted by atomic mass is 10.1. The van der Waals surface area contributed by atoms with Crippen LogP contribution < -0.4 is 5.32 Å². The molecule has 9 heteroatoms. The number of carbonyl (C=O) groups excluding carboxylic acids is 1. The van der Waals surface area contributed by atoms with Crippen molar-refractivity contribution in [1.82, 2.24) is 9.62 Å². The lowest BCUT2D eigenvalue weighted by Crippen LogP contribution is -2.25. The molecule has 1 atom stereocenters. The Balaban J connectivity index is 2.05. The molecular formula is C20H21F3N2O3S. The number of hydrogen-bond acceptors (Lipinski definition) is 3. The van der Waals surface area contributed by atoms with Crippen LogP contribution in [0.2, 0.25) is 0 Å². The Kier molecular flexibility index (Phi) is 6.86. The molecule has 156 valence electrons. The summed E-state index contributed by atoms with van der Waals surface area (Å²) in [7, 11) is -0.674. The van der Waals surface area contributed by atoms with Gasteiger partial charge in [0.05, 0.1) is 16.5 Å². The first-order valence-corrected chi connectivity index (χ1v) is 10.0. The molecular weight excluding hydrogens is 405 g/mol. The van der Waals surface area contributed by atoms with Crippen LogP contribution in [0.15, 0.2) is 59.5 Å². The number of nitrogens with one attached hydrogen (secondary N) is 1. The topological polar surface area (TPSA) is 66.5 Å². The van der Waals surface area contributed by atoms with Gasteiger partial charge in [-0.15, -0.1) is 0 Å². The highest BCUT2D eigenvalue weighted by Crippen LogP contribution is 2.29. The summed E-state index contributed by atoms with van der Waals surface area (Å²) in [5, 5.41) is 2.68. The van der Waals surface area contributed by atoms with Crippen LogP contribution in [0.3, 0.4) is 0 Å². The number of carbonyl (C=O) groups is 1. The predicted molar refractivity (Wildman–Crippen MR) is 104 cm³/mol. The van der Waals surface area contributed by atoms with Gasteiger partial charge in [-0.3, -0.25) is 4.79 Å². The highest BCUT2D eigenvalue weighted by atomic mass is 32.2. The van der Waals surface area contributed by atoms with E-state index in [4.69, 9.17) is 0 Å². The van der Waals surface area contributed by atoms with Crippen molar-refractivity contribution in [1.29, 1.82) is 0 Å². The molecule has 0 radical (unpaired) electrons. The molecule has 0 heterocycles. The zero-order valence-corrected chi connectivity index (χ0v) is 16.9. The van der Waals surface area contributed by atoms with Gasteiger partial charge in [0.1, 0.15) is 0 Å². The largest absolute Gasteiger partial charge is 0.416 e. The van der Waals surface area contributed by atoms with Crippen molar-refractivity contribution in [2.75, 3.05) is 14.1 Å². The van der Waals surface area contributed by atoms with Crippen LogP contribution in [-0.2, 0) is 21.0 Å². The van der Waals surface area contributed by atoms with E-state index in [0.717, 1.165) is 22.5 Å². The van der Waals surface area contributed by atoms with Gasteiger partial charge >= 0.3 is 6.18 Å². The summed E-state index contributed by atoms with van der Waals surface area (Å²) in [5.74, 6) is -0.486. The molecule has 29 heavy (non-hydrogen) atoms. The van der Waals surface area contributed by atoms with E-state index in [-0.39, 0.29) is 10.5 Å². The number of alkyl halides is 3. The van der Waals surface area contributed by atoms with E-state index in [1.807, 2.05) is 0 Å². The van der Waals surface area contributed by atoms with E-state index in [0.29, 0.717) is 5.56 Å². The standard InChI is InChI=1S/C20H21F3N2O3S/c1-14(16-8-10-18(11-9-16)29(27,28)25(2)3)24-19(26)12-7-15-5-4-6-17(13-15)20(21,22)23/h4-14H,1-3H3,(H,24,26). The number of amides is 1. The summed E-state index contributed by atoms with van der Waals surface area (Å²) in [4.78, 5) is 12.2. The Morgan fingerprint density at radius 2 is 1.72 bits per heavy atom. The summed E-state index contributed by atoms with van der Waals surface area (Å²) < 4.78 is 63.4. The number of benzene rings is 2. The third-order valence-electron chi connectivity index (χ3n) is 4.16. The molecule has 2 aromatic carbocycles. The normalized spacial score (nSPS) is 13.6. The minimum absolute atomic E-state index is 0.134. The summed E-state index contributed by atoms with van der Waals surface area (Å²) in [6, 6.07) is 10.3. The molecule has 2 rings (SSSR count). The zero-order valence-electron chi connectivity index (χ0n) is 16.1. The van der Waals surface area contributed by atoms with Gasteiger partial charge in [0.15, 0.2) is 0 Å². The van der Waals surface area contributed by atoms with Gasteiger partial charge in [-0.2, -0.15) is 13.2 Å². The van der Waals surface area contributed by atoms with E-state index in [9.17, 15) is 26.4 Å². The highest BCUT2D eigenvalue weighted by Gasteiger charge is 2.30. The molecule has 1 N–H and O–H groups in total. The molecule has 5 nitrogen and oxygen atoms in total. The van der Waals surface area contributed by atoms with Crippen LogP contribution >= 0.6 is 0 Å². The van der Waals surface area contributed by atoms with Crippen molar-refractivity contribution >= 4 is 22.0 Å². The summed E-state index contributed by atoms with van der Waals surface area (Å²) in [6.07, 6.45) is -2.01. The first-order chi connectivity index (χ1) is 13.4. The van der Waals surface area contributed by atoms with Crippen molar-refractivity contribution in [2.45, 2.75) is 24.0 Å². The Labute approximate surface area is 167 Å². The number of rotatable bonds is 6. The maximum absolute atomic E-state index is 12.7.